The molecule has 35 heavy (non-hydrogen) atoms. The fourth-order valence-electron chi connectivity index (χ4n) is 4.57. The Balaban J connectivity index is 1.89. The number of benzene rings is 2. The summed E-state index contributed by atoms with van der Waals surface area (Å²) in [4.78, 5) is 28.2. The van der Waals surface area contributed by atoms with Crippen LogP contribution in [-0.2, 0) is 26.2 Å². The number of carbonyl (C=O) groups excluding carboxylic acids is 2. The number of carbonyl (C=O) groups is 2. The van der Waals surface area contributed by atoms with Gasteiger partial charge in [0.15, 0.2) is 0 Å². The van der Waals surface area contributed by atoms with E-state index in [1.54, 1.807) is 19.1 Å². The molecule has 190 valence electrons. The third kappa shape index (κ3) is 7.31. The molecule has 1 aliphatic rings. The minimum Gasteiger partial charge on any atom is -0.352 e. The number of amides is 2. The van der Waals surface area contributed by atoms with Gasteiger partial charge in [-0.25, -0.2) is 8.42 Å². The van der Waals surface area contributed by atoms with Gasteiger partial charge in [-0.2, -0.15) is 0 Å². The molecule has 1 N–H and O–H groups in total. The molecular weight excluding hydrogens is 462 g/mol. The first kappa shape index (κ1) is 26.7. The molecule has 3 rings (SSSR count). The van der Waals surface area contributed by atoms with Crippen molar-refractivity contribution in [2.45, 2.75) is 72.0 Å². The Bertz CT molecular complexity index is 1140. The zero-order valence-corrected chi connectivity index (χ0v) is 22.2. The van der Waals surface area contributed by atoms with Gasteiger partial charge in [-0.15, -0.1) is 0 Å². The molecule has 1 saturated carbocycles. The predicted octanol–water partition coefficient (Wildman–Crippen LogP) is 3.85. The topological polar surface area (TPSA) is 86.8 Å². The minimum atomic E-state index is -3.74. The van der Waals surface area contributed by atoms with Gasteiger partial charge < -0.3 is 10.2 Å². The van der Waals surface area contributed by atoms with Gasteiger partial charge in [0.2, 0.25) is 21.8 Å². The molecule has 1 fully saturated rings. The molecule has 0 spiro atoms. The van der Waals surface area contributed by atoms with E-state index >= 15 is 0 Å². The molecule has 1 atom stereocenters. The maximum Gasteiger partial charge on any atom is 0.244 e. The van der Waals surface area contributed by atoms with Crippen LogP contribution >= 0.6 is 0 Å². The smallest absolute Gasteiger partial charge is 0.244 e. The number of nitrogens with zero attached hydrogens (tertiary/aromatic N) is 2. The van der Waals surface area contributed by atoms with Gasteiger partial charge in [0.05, 0.1) is 11.9 Å². The van der Waals surface area contributed by atoms with Gasteiger partial charge in [0.25, 0.3) is 0 Å². The Morgan fingerprint density at radius 2 is 1.54 bits per heavy atom. The number of hydrogen-bond acceptors (Lipinski definition) is 4. The molecule has 0 unspecified atom stereocenters. The monoisotopic (exact) mass is 499 g/mol. The highest BCUT2D eigenvalue weighted by Crippen LogP contribution is 2.23. The second-order valence-electron chi connectivity index (χ2n) is 9.79. The van der Waals surface area contributed by atoms with Gasteiger partial charge in [0.1, 0.15) is 12.6 Å². The van der Waals surface area contributed by atoms with E-state index in [-0.39, 0.29) is 25.0 Å². The number of anilines is 1. The average Bonchev–Trinajstić information content (AvgIpc) is 3.28. The first-order valence-corrected chi connectivity index (χ1v) is 14.0. The molecule has 0 saturated heterocycles. The summed E-state index contributed by atoms with van der Waals surface area (Å²) in [7, 11) is -3.74. The van der Waals surface area contributed by atoms with E-state index in [0.717, 1.165) is 58.5 Å². The number of sulfonamides is 1. The lowest BCUT2D eigenvalue weighted by Gasteiger charge is -2.32. The molecule has 2 amide bonds. The summed E-state index contributed by atoms with van der Waals surface area (Å²) in [5, 5.41) is 3.07. The molecule has 1 aliphatic carbocycles. The fourth-order valence-corrected chi connectivity index (χ4v) is 5.41. The first-order chi connectivity index (χ1) is 16.4. The Morgan fingerprint density at radius 1 is 0.971 bits per heavy atom. The highest BCUT2D eigenvalue weighted by atomic mass is 32.2. The van der Waals surface area contributed by atoms with Crippen LogP contribution in [0.15, 0.2) is 42.5 Å². The summed E-state index contributed by atoms with van der Waals surface area (Å²) in [5.41, 5.74) is 4.22. The maximum atomic E-state index is 13.6. The Morgan fingerprint density at radius 3 is 2.09 bits per heavy atom. The van der Waals surface area contributed by atoms with Crippen LogP contribution in [0.3, 0.4) is 0 Å². The quantitative estimate of drug-likeness (QED) is 0.568. The minimum absolute atomic E-state index is 0.129. The van der Waals surface area contributed by atoms with E-state index in [9.17, 15) is 18.0 Å². The molecule has 0 bridgehead atoms. The normalized spacial score (nSPS) is 15.0. The highest BCUT2D eigenvalue weighted by molar-refractivity contribution is 7.92. The van der Waals surface area contributed by atoms with Gasteiger partial charge in [0, 0.05) is 12.6 Å². The lowest BCUT2D eigenvalue weighted by atomic mass is 10.1. The number of nitrogens with one attached hydrogen (secondary N) is 1. The van der Waals surface area contributed by atoms with Crippen molar-refractivity contribution in [3.63, 3.8) is 0 Å². The first-order valence-electron chi connectivity index (χ1n) is 12.2. The van der Waals surface area contributed by atoms with Crippen molar-refractivity contribution in [3.05, 3.63) is 64.7 Å². The molecular formula is C27H37N3O4S. The second-order valence-corrected chi connectivity index (χ2v) is 11.7. The molecule has 0 heterocycles. The summed E-state index contributed by atoms with van der Waals surface area (Å²) in [6, 6.07) is 12.6. The van der Waals surface area contributed by atoms with Crippen LogP contribution in [0, 0.1) is 20.8 Å². The van der Waals surface area contributed by atoms with E-state index in [1.165, 1.54) is 4.90 Å². The van der Waals surface area contributed by atoms with Crippen molar-refractivity contribution >= 4 is 27.5 Å². The molecule has 0 radical (unpaired) electrons. The molecule has 7 nitrogen and oxygen atoms in total. The van der Waals surface area contributed by atoms with Crippen LogP contribution in [0.2, 0.25) is 0 Å². The summed E-state index contributed by atoms with van der Waals surface area (Å²) >= 11 is 0. The van der Waals surface area contributed by atoms with E-state index in [4.69, 9.17) is 0 Å². The standard InChI is InChI=1S/C27H37N3O4S/c1-19-10-12-23(13-11-19)17-29(22(4)27(32)28-24-8-6-7-9-24)26(31)18-30(35(5,33)34)25-15-20(2)14-21(3)16-25/h10-16,22,24H,6-9,17-18H2,1-5H3,(H,28,32)/t22-/m0/s1. The summed E-state index contributed by atoms with van der Waals surface area (Å²) < 4.78 is 26.6. The van der Waals surface area contributed by atoms with Crippen LogP contribution in [-0.4, -0.2) is 50.0 Å². The Labute approximate surface area is 209 Å². The average molecular weight is 500 g/mol. The second kappa shape index (κ2) is 11.2. The number of rotatable bonds is 9. The van der Waals surface area contributed by atoms with Crippen molar-refractivity contribution < 1.29 is 18.0 Å². The largest absolute Gasteiger partial charge is 0.352 e. The predicted molar refractivity (Wildman–Crippen MR) is 140 cm³/mol. The SMILES string of the molecule is Cc1ccc(CN(C(=O)CN(c2cc(C)cc(C)c2)S(C)(=O)=O)[C@@H](C)C(=O)NC2CCCC2)cc1. The molecule has 0 aromatic heterocycles. The van der Waals surface area contributed by atoms with Gasteiger partial charge in [-0.05, 0) is 69.4 Å². The third-order valence-corrected chi connectivity index (χ3v) is 7.66. The summed E-state index contributed by atoms with van der Waals surface area (Å²) in [6.07, 6.45) is 5.16. The van der Waals surface area contributed by atoms with Gasteiger partial charge in [-0.1, -0.05) is 48.7 Å². The van der Waals surface area contributed by atoms with Crippen molar-refractivity contribution in [2.75, 3.05) is 17.1 Å². The van der Waals surface area contributed by atoms with Crippen LogP contribution in [0.5, 0.6) is 0 Å². The molecule has 8 heteroatoms. The van der Waals surface area contributed by atoms with Crippen LogP contribution in [0.1, 0.15) is 54.9 Å². The van der Waals surface area contributed by atoms with Gasteiger partial charge in [-0.3, -0.25) is 13.9 Å². The van der Waals surface area contributed by atoms with Crippen molar-refractivity contribution in [1.29, 1.82) is 0 Å². The fraction of sp³-hybridized carbons (Fsp3) is 0.481. The number of hydrogen-bond donors (Lipinski definition) is 1. The number of aryl methyl sites for hydroxylation is 3. The summed E-state index contributed by atoms with van der Waals surface area (Å²) in [5.74, 6) is -0.640. The Hall–Kier alpha value is -2.87. The highest BCUT2D eigenvalue weighted by Gasteiger charge is 2.31. The van der Waals surface area contributed by atoms with Gasteiger partial charge >= 0.3 is 0 Å². The van der Waals surface area contributed by atoms with E-state index in [1.807, 2.05) is 51.1 Å². The van der Waals surface area contributed by atoms with E-state index < -0.39 is 22.0 Å². The van der Waals surface area contributed by atoms with Crippen LogP contribution in [0.25, 0.3) is 0 Å². The maximum absolute atomic E-state index is 13.6. The lowest BCUT2D eigenvalue weighted by molar-refractivity contribution is -0.139. The molecule has 2 aromatic rings. The zero-order valence-electron chi connectivity index (χ0n) is 21.4. The zero-order chi connectivity index (χ0) is 25.8. The molecule has 2 aromatic carbocycles. The van der Waals surface area contributed by atoms with E-state index in [2.05, 4.69) is 5.32 Å². The summed E-state index contributed by atoms with van der Waals surface area (Å²) in [6.45, 7) is 7.30. The van der Waals surface area contributed by atoms with Crippen LogP contribution < -0.4 is 9.62 Å². The lowest BCUT2D eigenvalue weighted by Crippen LogP contribution is -2.52. The van der Waals surface area contributed by atoms with Crippen molar-refractivity contribution in [3.8, 4) is 0 Å². The Kier molecular flexibility index (Phi) is 8.59. The van der Waals surface area contributed by atoms with Crippen molar-refractivity contribution in [2.24, 2.45) is 0 Å². The third-order valence-electron chi connectivity index (χ3n) is 6.52. The van der Waals surface area contributed by atoms with Crippen molar-refractivity contribution in [1.82, 2.24) is 10.2 Å². The van der Waals surface area contributed by atoms with Crippen LogP contribution in [0.4, 0.5) is 5.69 Å². The molecule has 0 aliphatic heterocycles. The van der Waals surface area contributed by atoms with E-state index in [0.29, 0.717) is 5.69 Å².